The van der Waals surface area contributed by atoms with Gasteiger partial charge in [-0.2, -0.15) is 0 Å². The van der Waals surface area contributed by atoms with Crippen molar-refractivity contribution in [3.05, 3.63) is 54.6 Å². The van der Waals surface area contributed by atoms with Gasteiger partial charge in [0.1, 0.15) is 0 Å². The van der Waals surface area contributed by atoms with E-state index in [1.54, 1.807) is 42.5 Å². The molecule has 0 unspecified atom stereocenters. The highest BCUT2D eigenvalue weighted by molar-refractivity contribution is 7.92. The molecule has 2 aromatic rings. The first-order valence-electron chi connectivity index (χ1n) is 7.62. The summed E-state index contributed by atoms with van der Waals surface area (Å²) in [4.78, 5) is 12.4. The number of hydrogen-bond donors (Lipinski definition) is 2. The monoisotopic (exact) mass is 346 g/mol. The number of anilines is 2. The highest BCUT2D eigenvalue weighted by atomic mass is 32.2. The highest BCUT2D eigenvalue weighted by Gasteiger charge is 2.24. The predicted octanol–water partition coefficient (Wildman–Crippen LogP) is 2.46. The zero-order valence-corrected chi connectivity index (χ0v) is 13.8. The van der Waals surface area contributed by atoms with Crippen LogP contribution in [-0.2, 0) is 19.6 Å². The Balaban J connectivity index is 1.80. The minimum Gasteiger partial charge on any atom is -0.381 e. The third-order valence-corrected chi connectivity index (χ3v) is 5.16. The molecule has 0 aromatic heterocycles. The summed E-state index contributed by atoms with van der Waals surface area (Å²) in [7, 11) is -3.72. The van der Waals surface area contributed by atoms with Crippen LogP contribution in [0.25, 0.3) is 0 Å². The maximum Gasteiger partial charge on any atom is 0.261 e. The fraction of sp³-hybridized carbons (Fsp3) is 0.235. The molecule has 0 spiro atoms. The number of carbonyl (C=O) groups excluding carboxylic acids is 1. The molecule has 1 heterocycles. The Kier molecular flexibility index (Phi) is 4.82. The fourth-order valence-electron chi connectivity index (χ4n) is 2.46. The maximum absolute atomic E-state index is 12.5. The zero-order valence-electron chi connectivity index (χ0n) is 12.9. The summed E-state index contributed by atoms with van der Waals surface area (Å²) < 4.78 is 32.6. The van der Waals surface area contributed by atoms with Crippen molar-refractivity contribution >= 4 is 27.3 Å². The quantitative estimate of drug-likeness (QED) is 0.871. The molecule has 126 valence electrons. The van der Waals surface area contributed by atoms with Crippen LogP contribution in [0, 0.1) is 5.92 Å². The Hall–Kier alpha value is -2.38. The van der Waals surface area contributed by atoms with Crippen molar-refractivity contribution in [1.29, 1.82) is 0 Å². The van der Waals surface area contributed by atoms with E-state index in [2.05, 4.69) is 10.0 Å². The van der Waals surface area contributed by atoms with E-state index in [-0.39, 0.29) is 16.7 Å². The Morgan fingerprint density at radius 3 is 2.33 bits per heavy atom. The second-order valence-corrected chi connectivity index (χ2v) is 7.20. The Labute approximate surface area is 140 Å². The second kappa shape index (κ2) is 7.02. The molecule has 1 atom stereocenters. The van der Waals surface area contributed by atoms with Crippen molar-refractivity contribution in [3.63, 3.8) is 0 Å². The summed E-state index contributed by atoms with van der Waals surface area (Å²) in [6.45, 7) is 0.962. The molecule has 1 aliphatic heterocycles. The minimum atomic E-state index is -3.72. The minimum absolute atomic E-state index is 0.162. The SMILES string of the molecule is O=C(Nc1ccccc1NS(=O)(=O)c1ccccc1)[C@@H]1CCOC1. The second-order valence-electron chi connectivity index (χ2n) is 5.51. The molecule has 1 amide bonds. The first-order valence-corrected chi connectivity index (χ1v) is 9.10. The van der Waals surface area contributed by atoms with E-state index in [1.807, 2.05) is 0 Å². The van der Waals surface area contributed by atoms with Crippen LogP contribution in [0.4, 0.5) is 11.4 Å². The first kappa shape index (κ1) is 16.5. The Bertz CT molecular complexity index is 815. The van der Waals surface area contributed by atoms with Crippen LogP contribution >= 0.6 is 0 Å². The summed E-state index contributed by atoms with van der Waals surface area (Å²) in [5.74, 6) is -0.373. The van der Waals surface area contributed by atoms with Gasteiger partial charge in [-0.1, -0.05) is 30.3 Å². The van der Waals surface area contributed by atoms with Crippen LogP contribution in [0.3, 0.4) is 0 Å². The Morgan fingerprint density at radius 1 is 1.00 bits per heavy atom. The van der Waals surface area contributed by atoms with Crippen molar-refractivity contribution in [2.24, 2.45) is 5.92 Å². The van der Waals surface area contributed by atoms with Gasteiger partial charge in [0.2, 0.25) is 5.91 Å². The van der Waals surface area contributed by atoms with Crippen LogP contribution in [-0.4, -0.2) is 27.5 Å². The molecular formula is C17H18N2O4S. The molecule has 1 fully saturated rings. The molecule has 0 radical (unpaired) electrons. The van der Waals surface area contributed by atoms with E-state index >= 15 is 0 Å². The molecule has 0 saturated carbocycles. The molecule has 6 nitrogen and oxygen atoms in total. The van der Waals surface area contributed by atoms with E-state index in [4.69, 9.17) is 4.74 Å². The number of amides is 1. The van der Waals surface area contributed by atoms with Gasteiger partial charge in [0.25, 0.3) is 10.0 Å². The summed E-state index contributed by atoms with van der Waals surface area (Å²) >= 11 is 0. The molecule has 0 bridgehead atoms. The summed E-state index contributed by atoms with van der Waals surface area (Å²) in [6.07, 6.45) is 0.670. The molecule has 1 saturated heterocycles. The molecule has 1 aliphatic rings. The van der Waals surface area contributed by atoms with Crippen molar-refractivity contribution in [2.45, 2.75) is 11.3 Å². The smallest absolute Gasteiger partial charge is 0.261 e. The number of hydrogen-bond acceptors (Lipinski definition) is 4. The molecule has 0 aliphatic carbocycles. The van der Waals surface area contributed by atoms with E-state index in [1.165, 1.54) is 12.1 Å². The van der Waals surface area contributed by atoms with Gasteiger partial charge in [-0.15, -0.1) is 0 Å². The molecular weight excluding hydrogens is 328 g/mol. The highest BCUT2D eigenvalue weighted by Crippen LogP contribution is 2.25. The van der Waals surface area contributed by atoms with Gasteiger partial charge in [-0.25, -0.2) is 8.42 Å². The number of benzene rings is 2. The van der Waals surface area contributed by atoms with Crippen molar-refractivity contribution in [1.82, 2.24) is 0 Å². The summed E-state index contributed by atoms with van der Waals surface area (Å²) in [5.41, 5.74) is 0.752. The van der Waals surface area contributed by atoms with Crippen LogP contribution in [0.2, 0.25) is 0 Å². The maximum atomic E-state index is 12.5. The number of para-hydroxylation sites is 2. The van der Waals surface area contributed by atoms with Gasteiger partial charge in [0.05, 0.1) is 28.8 Å². The molecule has 2 N–H and O–H groups in total. The third-order valence-electron chi connectivity index (χ3n) is 3.78. The Morgan fingerprint density at radius 2 is 1.67 bits per heavy atom. The molecule has 3 rings (SSSR count). The largest absolute Gasteiger partial charge is 0.381 e. The molecule has 2 aromatic carbocycles. The van der Waals surface area contributed by atoms with Crippen molar-refractivity contribution in [2.75, 3.05) is 23.3 Å². The lowest BCUT2D eigenvalue weighted by molar-refractivity contribution is -0.119. The number of carbonyl (C=O) groups is 1. The van der Waals surface area contributed by atoms with Crippen LogP contribution < -0.4 is 10.0 Å². The summed E-state index contributed by atoms with van der Waals surface area (Å²) in [6, 6.07) is 14.8. The third kappa shape index (κ3) is 3.74. The van der Waals surface area contributed by atoms with Crippen LogP contribution in [0.15, 0.2) is 59.5 Å². The average Bonchev–Trinajstić information content (AvgIpc) is 3.12. The standard InChI is InChI=1S/C17H18N2O4S/c20-17(13-10-11-23-12-13)18-15-8-4-5-9-16(15)19-24(21,22)14-6-2-1-3-7-14/h1-9,13,19H,10-12H2,(H,18,20)/t13-/m1/s1. The zero-order chi connectivity index (χ0) is 17.0. The lowest BCUT2D eigenvalue weighted by atomic mass is 10.1. The van der Waals surface area contributed by atoms with Crippen LogP contribution in [0.1, 0.15) is 6.42 Å². The molecule has 7 heteroatoms. The van der Waals surface area contributed by atoms with Gasteiger partial charge < -0.3 is 10.1 Å². The predicted molar refractivity (Wildman–Crippen MR) is 91.2 cm³/mol. The van der Waals surface area contributed by atoms with E-state index < -0.39 is 10.0 Å². The van der Waals surface area contributed by atoms with Gasteiger partial charge in [0, 0.05) is 6.61 Å². The number of sulfonamides is 1. The number of ether oxygens (including phenoxy) is 1. The number of nitrogens with one attached hydrogen (secondary N) is 2. The normalized spacial score (nSPS) is 17.4. The first-order chi connectivity index (χ1) is 11.6. The molecule has 24 heavy (non-hydrogen) atoms. The van der Waals surface area contributed by atoms with Crippen molar-refractivity contribution in [3.8, 4) is 0 Å². The van der Waals surface area contributed by atoms with Gasteiger partial charge in [-0.3, -0.25) is 9.52 Å². The summed E-state index contributed by atoms with van der Waals surface area (Å²) in [5, 5.41) is 2.78. The van der Waals surface area contributed by atoms with E-state index in [9.17, 15) is 13.2 Å². The van der Waals surface area contributed by atoms with Crippen LogP contribution in [0.5, 0.6) is 0 Å². The van der Waals surface area contributed by atoms with Gasteiger partial charge >= 0.3 is 0 Å². The number of rotatable bonds is 5. The van der Waals surface area contributed by atoms with Crippen molar-refractivity contribution < 1.29 is 17.9 Å². The average molecular weight is 346 g/mol. The van der Waals surface area contributed by atoms with Gasteiger partial charge in [0.15, 0.2) is 0 Å². The fourth-order valence-corrected chi connectivity index (χ4v) is 3.56. The van der Waals surface area contributed by atoms with E-state index in [0.717, 1.165) is 0 Å². The van der Waals surface area contributed by atoms with E-state index in [0.29, 0.717) is 31.0 Å². The topological polar surface area (TPSA) is 84.5 Å². The lowest BCUT2D eigenvalue weighted by Crippen LogP contribution is -2.24. The van der Waals surface area contributed by atoms with Gasteiger partial charge in [-0.05, 0) is 30.7 Å². The lowest BCUT2D eigenvalue weighted by Gasteiger charge is -2.15.